The number of nitrogens with zero attached hydrogens (tertiary/aromatic N) is 18. The third-order valence-corrected chi connectivity index (χ3v) is 13.5. The highest BCUT2D eigenvalue weighted by Gasteiger charge is 2.32. The number of rotatable bonds is 17. The number of hydrogen-bond donors (Lipinski definition) is 1. The van der Waals surface area contributed by atoms with Gasteiger partial charge in [-0.15, -0.1) is 81.6 Å². The standard InChI is InChI=1S/C18H21F3N4O2.C17H17N5O.C16H19N5O4.C13H11N5O2/c1-11(16(26)27-17(2,3)4)5-10-14-22-24-15(25-23-14)12-6-8-13(9-7-12)18(19,20)21;1-2-13(10-12-4-7-18-8-5-12)15(3-1)17-21-19-16(20-22-17)14-6-9-23-11-14;1-16(2,3)25-15(23)17-9-12-18-20-13(21-19-12)10-5-7-11(8-6-10)14(22)24-4;1-20-12(19)6-5-11-15-17-13(18-16-11)10-4-2-3-9(7-10)8-14/h6-9,11H,5,10H2,1-4H3;4-9,11,13,15H,1-3,10H2;5-8H,9H2,1-4H3,(H,17,23);2-4,7H,5-6H2,1H3/t11-;13-,15+;;/m01../s1. The van der Waals surface area contributed by atoms with Crippen molar-refractivity contribution in [1.82, 2.24) is 91.9 Å². The first kappa shape index (κ1) is 71.3. The summed E-state index contributed by atoms with van der Waals surface area (Å²) in [6, 6.07) is 25.8. The highest BCUT2D eigenvalue weighted by atomic mass is 19.4. The zero-order chi connectivity index (χ0) is 68.5. The van der Waals surface area contributed by atoms with E-state index in [0.29, 0.717) is 88.0 Å². The Bertz CT molecular complexity index is 3940. The molecule has 6 aromatic heterocycles. The van der Waals surface area contributed by atoms with Crippen LogP contribution in [0.4, 0.5) is 18.0 Å². The molecule has 0 spiro atoms. The van der Waals surface area contributed by atoms with E-state index >= 15 is 0 Å². The zero-order valence-corrected chi connectivity index (χ0v) is 53.4. The molecule has 0 radical (unpaired) electrons. The molecule has 0 bridgehead atoms. The number of furan rings is 1. The highest BCUT2D eigenvalue weighted by molar-refractivity contribution is 5.89. The van der Waals surface area contributed by atoms with E-state index in [1.54, 1.807) is 116 Å². The van der Waals surface area contributed by atoms with Gasteiger partial charge in [0.1, 0.15) is 17.5 Å². The number of aryl methyl sites for hydroxylation is 2. The molecule has 10 rings (SSSR count). The summed E-state index contributed by atoms with van der Waals surface area (Å²) >= 11 is 0. The van der Waals surface area contributed by atoms with Crippen molar-refractivity contribution < 1.29 is 55.7 Å². The smallest absolute Gasteiger partial charge is 0.416 e. The molecule has 1 amide bonds. The lowest BCUT2D eigenvalue weighted by Gasteiger charge is -2.22. The molecular formula is C64H68F3N19O9. The van der Waals surface area contributed by atoms with Crippen molar-refractivity contribution in [3.8, 4) is 51.6 Å². The number of benzene rings is 3. The van der Waals surface area contributed by atoms with E-state index in [0.717, 1.165) is 36.4 Å². The van der Waals surface area contributed by atoms with E-state index in [9.17, 15) is 32.3 Å². The molecule has 3 atom stereocenters. The lowest BCUT2D eigenvalue weighted by atomic mass is 9.89. The Morgan fingerprint density at radius 2 is 1.18 bits per heavy atom. The van der Waals surface area contributed by atoms with Crippen molar-refractivity contribution in [2.75, 3.05) is 14.2 Å². The lowest BCUT2D eigenvalue weighted by molar-refractivity contribution is -0.159. The van der Waals surface area contributed by atoms with Gasteiger partial charge in [-0.3, -0.25) is 14.6 Å². The summed E-state index contributed by atoms with van der Waals surface area (Å²) in [7, 11) is 2.64. The molecule has 6 heterocycles. The first-order valence-corrected chi connectivity index (χ1v) is 29.7. The van der Waals surface area contributed by atoms with Gasteiger partial charge in [-0.05, 0) is 133 Å². The Kier molecular flexibility index (Phi) is 25.4. The summed E-state index contributed by atoms with van der Waals surface area (Å²) in [6.07, 6.45) is 7.80. The molecule has 0 aliphatic heterocycles. The quantitative estimate of drug-likeness (QED) is 0.0654. The van der Waals surface area contributed by atoms with E-state index in [4.69, 9.17) is 19.2 Å². The fourth-order valence-electron chi connectivity index (χ4n) is 8.76. The van der Waals surface area contributed by atoms with Crippen LogP contribution in [-0.4, -0.2) is 136 Å². The number of nitriles is 1. The molecule has 95 heavy (non-hydrogen) atoms. The second-order valence-electron chi connectivity index (χ2n) is 23.1. The summed E-state index contributed by atoms with van der Waals surface area (Å²) in [5.74, 6) is 2.49. The summed E-state index contributed by atoms with van der Waals surface area (Å²) < 4.78 is 62.4. The number of hydrogen-bond acceptors (Lipinski definition) is 27. The van der Waals surface area contributed by atoms with Crippen molar-refractivity contribution in [3.05, 3.63) is 161 Å². The van der Waals surface area contributed by atoms with E-state index < -0.39 is 35.0 Å². The Labute approximate surface area is 543 Å². The SMILES string of the molecule is COC(=O)CCc1nnc(-c2cccc(C#N)c2)nn1.COC(=O)c1ccc(-c2nnc(CNC(=O)OC(C)(C)C)nn2)cc1.C[C@@H](CCc1nnc(-c2ccc(C(F)(F)F)cc2)nn1)C(=O)OC(C)(C)C.c1cc(C[C@H]2CCC[C@@H]2c2nnc(-c3ccoc3)nn2)ccn1. The number of carbonyl (C=O) groups excluding carboxylic acids is 4. The number of nitrogens with one attached hydrogen (secondary N) is 1. The van der Waals surface area contributed by atoms with Gasteiger partial charge < -0.3 is 28.7 Å². The van der Waals surface area contributed by atoms with Crippen LogP contribution in [0, 0.1) is 23.2 Å². The van der Waals surface area contributed by atoms with Crippen molar-refractivity contribution in [3.63, 3.8) is 0 Å². The van der Waals surface area contributed by atoms with Gasteiger partial charge in [0.25, 0.3) is 0 Å². The van der Waals surface area contributed by atoms with Gasteiger partial charge in [-0.25, -0.2) is 9.59 Å². The second kappa shape index (κ2) is 33.9. The maximum absolute atomic E-state index is 12.6. The van der Waals surface area contributed by atoms with Crippen LogP contribution in [-0.2, 0) is 60.5 Å². The molecule has 1 aliphatic carbocycles. The maximum Gasteiger partial charge on any atom is 0.416 e. The zero-order valence-electron chi connectivity index (χ0n) is 53.4. The number of ether oxygens (including phenoxy) is 4. The predicted octanol–water partition coefficient (Wildman–Crippen LogP) is 9.57. The molecule has 1 N–H and O–H groups in total. The number of alkyl carbamates (subject to hydrolysis) is 1. The Balaban J connectivity index is 0.000000180. The molecule has 3 aromatic carbocycles. The predicted molar refractivity (Wildman–Crippen MR) is 330 cm³/mol. The maximum atomic E-state index is 12.6. The van der Waals surface area contributed by atoms with E-state index in [2.05, 4.69) is 113 Å². The summed E-state index contributed by atoms with van der Waals surface area (Å²) in [5, 5.41) is 75.6. The van der Waals surface area contributed by atoms with Crippen LogP contribution in [0.2, 0.25) is 0 Å². The van der Waals surface area contributed by atoms with Gasteiger partial charge in [0, 0.05) is 47.8 Å². The molecule has 494 valence electrons. The number of methoxy groups -OCH3 is 2. The molecule has 9 aromatic rings. The van der Waals surface area contributed by atoms with Gasteiger partial charge >= 0.3 is 30.2 Å². The Morgan fingerprint density at radius 1 is 0.632 bits per heavy atom. The summed E-state index contributed by atoms with van der Waals surface area (Å²) in [4.78, 5) is 50.0. The van der Waals surface area contributed by atoms with Crippen LogP contribution >= 0.6 is 0 Å². The van der Waals surface area contributed by atoms with Crippen molar-refractivity contribution >= 4 is 24.0 Å². The van der Waals surface area contributed by atoms with E-state index in [-0.39, 0.29) is 42.5 Å². The van der Waals surface area contributed by atoms with Crippen molar-refractivity contribution in [1.29, 1.82) is 5.26 Å². The third-order valence-electron chi connectivity index (χ3n) is 13.5. The van der Waals surface area contributed by atoms with Crippen LogP contribution in [0.5, 0.6) is 0 Å². The van der Waals surface area contributed by atoms with Gasteiger partial charge in [0.15, 0.2) is 23.3 Å². The van der Waals surface area contributed by atoms with Crippen molar-refractivity contribution in [2.45, 2.75) is 130 Å². The number of esters is 3. The normalized spacial score (nSPS) is 13.7. The topological polar surface area (TPSA) is 373 Å². The summed E-state index contributed by atoms with van der Waals surface area (Å²) in [5.41, 5.74) is 2.88. The highest BCUT2D eigenvalue weighted by Crippen LogP contribution is 2.40. The van der Waals surface area contributed by atoms with Gasteiger partial charge in [0.05, 0.1) is 67.7 Å². The van der Waals surface area contributed by atoms with Crippen LogP contribution in [0.15, 0.2) is 120 Å². The Hall–Kier alpha value is -11.2. The number of amides is 1. The molecule has 0 unspecified atom stereocenters. The van der Waals surface area contributed by atoms with Gasteiger partial charge in [-0.1, -0.05) is 49.7 Å². The van der Waals surface area contributed by atoms with Gasteiger partial charge in [-0.2, -0.15) is 18.4 Å². The van der Waals surface area contributed by atoms with E-state index in [1.165, 1.54) is 44.8 Å². The number of pyridine rings is 1. The number of alkyl halides is 3. The molecule has 1 saturated carbocycles. The first-order chi connectivity index (χ1) is 45.4. The third kappa shape index (κ3) is 23.2. The van der Waals surface area contributed by atoms with Crippen LogP contribution in [0.25, 0.3) is 45.6 Å². The fourth-order valence-corrected chi connectivity index (χ4v) is 8.76. The molecule has 0 saturated heterocycles. The number of carbonyl (C=O) groups is 4. The van der Waals surface area contributed by atoms with Gasteiger partial charge in [0.2, 0.25) is 23.3 Å². The minimum absolute atomic E-state index is 0.0521. The fraction of sp³-hybridized carbons (Fsp3) is 0.375. The van der Waals surface area contributed by atoms with Crippen molar-refractivity contribution in [2.24, 2.45) is 11.8 Å². The second-order valence-corrected chi connectivity index (χ2v) is 23.1. The monoisotopic (exact) mass is 1300 g/mol. The average molecular weight is 1300 g/mol. The van der Waals surface area contributed by atoms with Crippen LogP contribution in [0.1, 0.15) is 137 Å². The van der Waals surface area contributed by atoms with Crippen LogP contribution < -0.4 is 5.32 Å². The minimum Gasteiger partial charge on any atom is -0.472 e. The number of aromatic nitrogens is 17. The molecule has 1 aliphatic rings. The average Bonchev–Trinajstić information content (AvgIpc) is 2.02. The Morgan fingerprint density at radius 3 is 1.72 bits per heavy atom. The van der Waals surface area contributed by atoms with E-state index in [1.807, 2.05) is 18.5 Å². The molecule has 31 heteroatoms. The summed E-state index contributed by atoms with van der Waals surface area (Å²) in [6.45, 7) is 12.5. The molecule has 1 fully saturated rings. The molecular weight excluding hydrogens is 1240 g/mol. The lowest BCUT2D eigenvalue weighted by Crippen LogP contribution is -2.32. The minimum atomic E-state index is -4.40. The molecule has 28 nitrogen and oxygen atoms in total. The first-order valence-electron chi connectivity index (χ1n) is 29.7. The number of halogens is 3. The van der Waals surface area contributed by atoms with Crippen LogP contribution in [0.3, 0.4) is 0 Å². The largest absolute Gasteiger partial charge is 0.472 e.